The molecular formula is C64H77N5O2S10. The number of hydrogen-bond donors (Lipinski definition) is 0. The SMILES string of the molecule is CCCCC(CC)Cn1c2cc(/C=C3\SC(=S)N(CCCC)C3=O)sc2c2sc(-c3cc4c(s3)c3sc(-c5cc6c(s5)c5sc(/C=C7\SC(=S)N(CCCC)C7=O)cc5n6CC(CC)CCCC)cc3n4CC(CC)CCCC)cc21. The maximum absolute atomic E-state index is 13.6. The van der Waals surface area contributed by atoms with Gasteiger partial charge in [-0.25, -0.2) is 0 Å². The van der Waals surface area contributed by atoms with E-state index in [-0.39, 0.29) is 11.8 Å². The zero-order valence-electron chi connectivity index (χ0n) is 48.3. The van der Waals surface area contributed by atoms with Gasteiger partial charge in [-0.1, -0.05) is 174 Å². The van der Waals surface area contributed by atoms with Crippen LogP contribution in [0.1, 0.15) is 168 Å². The van der Waals surface area contributed by atoms with E-state index in [9.17, 15) is 9.59 Å². The minimum absolute atomic E-state index is 0.0491. The average molecular weight is 1270 g/mol. The Hall–Kier alpha value is -3.10. The molecule has 0 saturated carbocycles. The predicted octanol–water partition coefficient (Wildman–Crippen LogP) is 22.4. The monoisotopic (exact) mass is 1270 g/mol. The summed E-state index contributed by atoms with van der Waals surface area (Å²) in [5, 5.41) is 0. The Morgan fingerprint density at radius 3 is 0.975 bits per heavy atom. The number of unbranched alkanes of at least 4 members (excludes halogenated alkanes) is 5. The van der Waals surface area contributed by atoms with E-state index in [0.29, 0.717) is 39.5 Å². The highest BCUT2D eigenvalue weighted by Crippen LogP contribution is 2.52. The molecule has 17 heteroatoms. The standard InChI is InChI=1S/C64H77N5O2S10/c1-9-17-22-38(14-6)35-67-43-27-41(29-53-61(70)65(25-20-12-4)63(72)80-53)74-55(43)57-45(67)31-49(76-57)51-33-47-59(78-51)60-48(69(47)37-40(16-8)24-19-11-3)34-52(79-60)50-32-46-58(77-50)56-44(68(46)36-39(15-7)23-18-10-2)28-42(75-56)30-54-62(71)66(26-21-13-5)64(73)81-54/h27-34,38-40H,9-26,35-37H2,1-8H3/b53-29-,54-30-. The van der Waals surface area contributed by atoms with Crippen LogP contribution >= 0.6 is 116 Å². The van der Waals surface area contributed by atoms with Crippen molar-refractivity contribution in [3.8, 4) is 19.5 Å². The minimum atomic E-state index is 0.0491. The number of aromatic nitrogens is 3. The largest absolute Gasteiger partial charge is 0.339 e. The zero-order valence-corrected chi connectivity index (χ0v) is 56.5. The van der Waals surface area contributed by atoms with Gasteiger partial charge < -0.3 is 13.7 Å². The van der Waals surface area contributed by atoms with Crippen LogP contribution in [-0.4, -0.2) is 57.0 Å². The third-order valence-corrected chi connectivity index (χ3v) is 27.2. The Bertz CT molecular complexity index is 3620. The molecule has 9 aromatic rings. The first-order chi connectivity index (χ1) is 39.4. The molecule has 3 atom stereocenters. The van der Waals surface area contributed by atoms with Gasteiger partial charge in [0.25, 0.3) is 11.8 Å². The number of nitrogens with zero attached hydrogens (tertiary/aromatic N) is 5. The molecule has 2 fully saturated rings. The molecule has 0 aromatic carbocycles. The fraction of sp³-hybridized carbons (Fsp3) is 0.500. The molecule has 2 aliphatic heterocycles. The predicted molar refractivity (Wildman–Crippen MR) is 373 cm³/mol. The molecule has 0 bridgehead atoms. The number of amides is 2. The molecule has 0 N–H and O–H groups in total. The topological polar surface area (TPSA) is 55.4 Å². The molecule has 11 heterocycles. The number of rotatable bonds is 28. The van der Waals surface area contributed by atoms with E-state index >= 15 is 0 Å². The summed E-state index contributed by atoms with van der Waals surface area (Å²) in [5.74, 6) is 1.90. The van der Waals surface area contributed by atoms with Crippen LogP contribution in [0.5, 0.6) is 0 Å². The van der Waals surface area contributed by atoms with E-state index in [1.54, 1.807) is 9.80 Å². The third-order valence-electron chi connectivity index (χ3n) is 16.9. The summed E-state index contributed by atoms with van der Waals surface area (Å²) in [6.45, 7) is 22.7. The minimum Gasteiger partial charge on any atom is -0.339 e. The number of thioether (sulfide) groups is 2. The van der Waals surface area contributed by atoms with Gasteiger partial charge in [-0.15, -0.1) is 68.0 Å². The first-order valence-electron chi connectivity index (χ1n) is 30.1. The molecule has 3 unspecified atom stereocenters. The van der Waals surface area contributed by atoms with Crippen molar-refractivity contribution in [3.05, 3.63) is 56.0 Å². The van der Waals surface area contributed by atoms with Gasteiger partial charge in [0.05, 0.1) is 71.1 Å². The van der Waals surface area contributed by atoms with Crippen molar-refractivity contribution >= 4 is 210 Å². The molecule has 7 nitrogen and oxygen atoms in total. The molecule has 430 valence electrons. The lowest BCUT2D eigenvalue weighted by Crippen LogP contribution is -2.28. The maximum atomic E-state index is 13.6. The molecule has 81 heavy (non-hydrogen) atoms. The summed E-state index contributed by atoms with van der Waals surface area (Å²) in [5.41, 5.74) is 8.02. The normalized spacial score (nSPS) is 16.8. The van der Waals surface area contributed by atoms with Crippen molar-refractivity contribution in [3.63, 3.8) is 0 Å². The summed E-state index contributed by atoms with van der Waals surface area (Å²) in [6.07, 6.45) is 22.7. The number of carbonyl (C=O) groups excluding carboxylic acids is 2. The molecule has 2 saturated heterocycles. The zero-order chi connectivity index (χ0) is 56.6. The van der Waals surface area contributed by atoms with Gasteiger partial charge in [-0.05, 0) is 98.4 Å². The molecular weight excluding hydrogens is 1190 g/mol. The van der Waals surface area contributed by atoms with Gasteiger partial charge in [-0.3, -0.25) is 19.4 Å². The highest BCUT2D eigenvalue weighted by Gasteiger charge is 2.34. The fourth-order valence-electron chi connectivity index (χ4n) is 11.9. The van der Waals surface area contributed by atoms with E-state index in [2.05, 4.69) is 118 Å². The lowest BCUT2D eigenvalue weighted by atomic mass is 9.99. The van der Waals surface area contributed by atoms with E-state index in [1.165, 1.54) is 169 Å². The van der Waals surface area contributed by atoms with Gasteiger partial charge >= 0.3 is 0 Å². The van der Waals surface area contributed by atoms with Crippen LogP contribution in [0, 0.1) is 17.8 Å². The van der Waals surface area contributed by atoms with Crippen LogP contribution in [0.3, 0.4) is 0 Å². The van der Waals surface area contributed by atoms with E-state index in [0.717, 1.165) is 77.7 Å². The summed E-state index contributed by atoms with van der Waals surface area (Å²) in [4.78, 5) is 40.0. The van der Waals surface area contributed by atoms with Crippen molar-refractivity contribution in [2.24, 2.45) is 17.8 Å². The van der Waals surface area contributed by atoms with Crippen molar-refractivity contribution < 1.29 is 9.59 Å². The maximum Gasteiger partial charge on any atom is 0.266 e. The van der Waals surface area contributed by atoms with Gasteiger partial charge in [0.1, 0.15) is 8.64 Å². The van der Waals surface area contributed by atoms with Crippen molar-refractivity contribution in [1.82, 2.24) is 23.5 Å². The molecule has 0 aliphatic carbocycles. The Morgan fingerprint density at radius 2 is 0.691 bits per heavy atom. The van der Waals surface area contributed by atoms with Crippen LogP contribution in [0.2, 0.25) is 0 Å². The first-order valence-corrected chi connectivity index (χ1v) is 37.4. The average Bonchev–Trinajstić information content (AvgIpc) is 4.19. The van der Waals surface area contributed by atoms with Crippen LogP contribution in [0.15, 0.2) is 46.2 Å². The Kier molecular flexibility index (Phi) is 19.3. The molecule has 0 spiro atoms. The van der Waals surface area contributed by atoms with Gasteiger partial charge in [0, 0.05) is 62.0 Å². The molecule has 2 amide bonds. The van der Waals surface area contributed by atoms with Gasteiger partial charge in [-0.2, -0.15) is 0 Å². The van der Waals surface area contributed by atoms with Crippen molar-refractivity contribution in [2.75, 3.05) is 13.1 Å². The molecule has 2 aliphatic rings. The quantitative estimate of drug-likeness (QED) is 0.0360. The molecule has 0 radical (unpaired) electrons. The van der Waals surface area contributed by atoms with Crippen LogP contribution in [0.4, 0.5) is 0 Å². The second-order valence-electron chi connectivity index (χ2n) is 22.5. The fourth-order valence-corrected chi connectivity index (χ4v) is 22.1. The number of thiophene rings is 6. The molecule has 9 aromatic heterocycles. The second kappa shape index (κ2) is 26.3. The van der Waals surface area contributed by atoms with Crippen molar-refractivity contribution in [1.29, 1.82) is 0 Å². The summed E-state index contributed by atoms with van der Waals surface area (Å²) in [6, 6.07) is 14.8. The summed E-state index contributed by atoms with van der Waals surface area (Å²) < 4.78 is 17.5. The smallest absolute Gasteiger partial charge is 0.266 e. The van der Waals surface area contributed by atoms with Gasteiger partial charge in [0.2, 0.25) is 0 Å². The first kappa shape index (κ1) is 59.6. The lowest BCUT2D eigenvalue weighted by molar-refractivity contribution is -0.123. The van der Waals surface area contributed by atoms with Crippen LogP contribution < -0.4 is 0 Å². The van der Waals surface area contributed by atoms with E-state index in [4.69, 9.17) is 24.4 Å². The second-order valence-corrected chi connectivity index (χ2v) is 32.2. The van der Waals surface area contributed by atoms with E-state index < -0.39 is 0 Å². The van der Waals surface area contributed by atoms with E-state index in [1.807, 2.05) is 68.0 Å². The molecule has 11 rings (SSSR count). The lowest BCUT2D eigenvalue weighted by Gasteiger charge is -2.17. The van der Waals surface area contributed by atoms with Crippen LogP contribution in [-0.2, 0) is 29.2 Å². The summed E-state index contributed by atoms with van der Waals surface area (Å²) in [7, 11) is 0. The Labute approximate surface area is 522 Å². The highest BCUT2D eigenvalue weighted by atomic mass is 32.2. The third kappa shape index (κ3) is 11.8. The highest BCUT2D eigenvalue weighted by molar-refractivity contribution is 8.27. The summed E-state index contributed by atoms with van der Waals surface area (Å²) >= 11 is 25.9. The number of thiocarbonyl (C=S) groups is 2. The number of carbonyl (C=O) groups is 2. The number of fused-ring (bicyclic) bond motifs is 9. The van der Waals surface area contributed by atoms with Crippen molar-refractivity contribution in [2.45, 2.75) is 178 Å². The van der Waals surface area contributed by atoms with Gasteiger partial charge in [0.15, 0.2) is 0 Å². The Balaban J connectivity index is 1.00. The Morgan fingerprint density at radius 1 is 0.407 bits per heavy atom. The number of hydrogen-bond acceptors (Lipinski definition) is 12. The van der Waals surface area contributed by atoms with Crippen LogP contribution in [0.25, 0.3) is 93.0 Å².